The van der Waals surface area contributed by atoms with Crippen LogP contribution in [0.25, 0.3) is 0 Å². The Bertz CT molecular complexity index is 263. The van der Waals surface area contributed by atoms with Gasteiger partial charge in [0, 0.05) is 19.1 Å². The minimum Gasteiger partial charge on any atom is -0.317 e. The fourth-order valence-electron chi connectivity index (χ4n) is 2.56. The number of hydrogen-bond donors (Lipinski definition) is 1. The van der Waals surface area contributed by atoms with Crippen molar-refractivity contribution in [1.82, 2.24) is 10.2 Å². The first-order chi connectivity index (χ1) is 8.45. The van der Waals surface area contributed by atoms with E-state index in [2.05, 4.69) is 50.9 Å². The summed E-state index contributed by atoms with van der Waals surface area (Å²) in [6.07, 6.45) is 6.20. The van der Waals surface area contributed by atoms with Crippen molar-refractivity contribution in [2.24, 2.45) is 5.41 Å². The summed E-state index contributed by atoms with van der Waals surface area (Å²) in [6.45, 7) is 16.2. The van der Waals surface area contributed by atoms with Crippen molar-refractivity contribution in [3.8, 4) is 0 Å². The molecule has 1 rings (SSSR count). The Morgan fingerprint density at radius 3 is 2.56 bits per heavy atom. The van der Waals surface area contributed by atoms with Crippen LogP contribution in [0.4, 0.5) is 0 Å². The number of nitrogens with one attached hydrogen (secondary N) is 1. The first-order valence-corrected chi connectivity index (χ1v) is 7.59. The fourth-order valence-corrected chi connectivity index (χ4v) is 2.56. The zero-order valence-electron chi connectivity index (χ0n) is 13.1. The van der Waals surface area contributed by atoms with Crippen LogP contribution >= 0.6 is 0 Å². The Kier molecular flexibility index (Phi) is 6.37. The van der Waals surface area contributed by atoms with Gasteiger partial charge >= 0.3 is 0 Å². The van der Waals surface area contributed by atoms with Crippen molar-refractivity contribution >= 4 is 0 Å². The Balaban J connectivity index is 2.31. The molecule has 1 aliphatic rings. The zero-order valence-corrected chi connectivity index (χ0v) is 13.1. The highest BCUT2D eigenvalue weighted by Gasteiger charge is 2.23. The lowest BCUT2D eigenvalue weighted by Gasteiger charge is -2.35. The summed E-state index contributed by atoms with van der Waals surface area (Å²) < 4.78 is 0. The van der Waals surface area contributed by atoms with Crippen LogP contribution in [0.5, 0.6) is 0 Å². The molecule has 0 aromatic rings. The van der Waals surface area contributed by atoms with Crippen LogP contribution in [-0.2, 0) is 0 Å². The fraction of sp³-hybridized carbons (Fsp3) is 0.875. The largest absolute Gasteiger partial charge is 0.317 e. The van der Waals surface area contributed by atoms with Crippen molar-refractivity contribution in [1.29, 1.82) is 0 Å². The number of rotatable bonds is 6. The minimum absolute atomic E-state index is 0.359. The molecule has 0 aromatic heterocycles. The molecule has 106 valence electrons. The SMILES string of the molecule is CCCNCCC(C)N1CC=C(C(C)(C)C)CC1. The summed E-state index contributed by atoms with van der Waals surface area (Å²) in [5, 5.41) is 3.50. The molecular formula is C16H32N2. The molecule has 0 aliphatic carbocycles. The molecule has 0 radical (unpaired) electrons. The van der Waals surface area contributed by atoms with E-state index in [4.69, 9.17) is 0 Å². The van der Waals surface area contributed by atoms with E-state index in [9.17, 15) is 0 Å². The lowest BCUT2D eigenvalue weighted by Crippen LogP contribution is -2.39. The smallest absolute Gasteiger partial charge is 0.0168 e. The molecule has 1 N–H and O–H groups in total. The van der Waals surface area contributed by atoms with Crippen molar-refractivity contribution in [2.75, 3.05) is 26.2 Å². The van der Waals surface area contributed by atoms with Gasteiger partial charge in [-0.2, -0.15) is 0 Å². The summed E-state index contributed by atoms with van der Waals surface area (Å²) in [5.41, 5.74) is 1.99. The maximum atomic E-state index is 3.50. The van der Waals surface area contributed by atoms with Crippen LogP contribution < -0.4 is 5.32 Å². The lowest BCUT2D eigenvalue weighted by molar-refractivity contribution is 0.206. The van der Waals surface area contributed by atoms with E-state index in [0.29, 0.717) is 11.5 Å². The zero-order chi connectivity index (χ0) is 13.6. The van der Waals surface area contributed by atoms with E-state index >= 15 is 0 Å². The third kappa shape index (κ3) is 5.11. The predicted molar refractivity (Wildman–Crippen MR) is 81.0 cm³/mol. The molecule has 1 aliphatic heterocycles. The highest BCUT2D eigenvalue weighted by atomic mass is 15.1. The van der Waals surface area contributed by atoms with Gasteiger partial charge in [-0.1, -0.05) is 39.3 Å². The molecule has 2 heteroatoms. The van der Waals surface area contributed by atoms with Gasteiger partial charge < -0.3 is 5.32 Å². The van der Waals surface area contributed by atoms with E-state index in [1.54, 1.807) is 5.57 Å². The molecule has 0 saturated heterocycles. The van der Waals surface area contributed by atoms with Crippen LogP contribution in [0.2, 0.25) is 0 Å². The standard InChI is InChI=1S/C16H32N2/c1-6-10-17-11-7-14(2)18-12-8-15(9-13-18)16(3,4)5/h8,14,17H,6-7,9-13H2,1-5H3. The second kappa shape index (κ2) is 7.30. The summed E-state index contributed by atoms with van der Waals surface area (Å²) in [5.74, 6) is 0. The summed E-state index contributed by atoms with van der Waals surface area (Å²) in [6, 6.07) is 0.701. The summed E-state index contributed by atoms with van der Waals surface area (Å²) in [7, 11) is 0. The lowest BCUT2D eigenvalue weighted by atomic mass is 9.83. The molecule has 1 unspecified atom stereocenters. The monoisotopic (exact) mass is 252 g/mol. The van der Waals surface area contributed by atoms with Gasteiger partial charge in [-0.3, -0.25) is 4.90 Å². The van der Waals surface area contributed by atoms with E-state index in [-0.39, 0.29) is 0 Å². The Labute approximate surface area is 114 Å². The Hall–Kier alpha value is -0.340. The maximum Gasteiger partial charge on any atom is 0.0168 e. The quantitative estimate of drug-likeness (QED) is 0.575. The van der Waals surface area contributed by atoms with Crippen molar-refractivity contribution < 1.29 is 0 Å². The highest BCUT2D eigenvalue weighted by Crippen LogP contribution is 2.30. The van der Waals surface area contributed by atoms with Crippen molar-refractivity contribution in [3.63, 3.8) is 0 Å². The van der Waals surface area contributed by atoms with Crippen LogP contribution in [0, 0.1) is 5.41 Å². The second-order valence-electron chi connectivity index (χ2n) is 6.61. The Morgan fingerprint density at radius 1 is 1.33 bits per heavy atom. The third-order valence-corrected chi connectivity index (χ3v) is 3.99. The molecule has 0 aromatic carbocycles. The normalized spacial score (nSPS) is 19.7. The maximum absolute atomic E-state index is 3.50. The molecule has 0 saturated carbocycles. The van der Waals surface area contributed by atoms with Gasteiger partial charge in [0.25, 0.3) is 0 Å². The van der Waals surface area contributed by atoms with Gasteiger partial charge in [-0.15, -0.1) is 0 Å². The predicted octanol–water partition coefficient (Wildman–Crippen LogP) is 3.44. The second-order valence-corrected chi connectivity index (χ2v) is 6.61. The first kappa shape index (κ1) is 15.7. The van der Waals surface area contributed by atoms with Crippen LogP contribution in [0.3, 0.4) is 0 Å². The third-order valence-electron chi connectivity index (χ3n) is 3.99. The molecule has 0 bridgehead atoms. The van der Waals surface area contributed by atoms with Crippen molar-refractivity contribution in [3.05, 3.63) is 11.6 Å². The van der Waals surface area contributed by atoms with Gasteiger partial charge in [0.05, 0.1) is 0 Å². The van der Waals surface area contributed by atoms with Gasteiger partial charge in [-0.05, 0) is 44.7 Å². The molecule has 18 heavy (non-hydrogen) atoms. The minimum atomic E-state index is 0.359. The molecule has 0 spiro atoms. The molecule has 1 atom stereocenters. The van der Waals surface area contributed by atoms with E-state index < -0.39 is 0 Å². The van der Waals surface area contributed by atoms with E-state index in [1.807, 2.05) is 0 Å². The van der Waals surface area contributed by atoms with Gasteiger partial charge in [0.2, 0.25) is 0 Å². The van der Waals surface area contributed by atoms with Gasteiger partial charge in [-0.25, -0.2) is 0 Å². The summed E-state index contributed by atoms with van der Waals surface area (Å²) >= 11 is 0. The average molecular weight is 252 g/mol. The highest BCUT2D eigenvalue weighted by molar-refractivity contribution is 5.14. The topological polar surface area (TPSA) is 15.3 Å². The molecule has 0 fully saturated rings. The van der Waals surface area contributed by atoms with E-state index in [0.717, 1.165) is 19.6 Å². The van der Waals surface area contributed by atoms with E-state index in [1.165, 1.54) is 25.8 Å². The first-order valence-electron chi connectivity index (χ1n) is 7.59. The molecule has 2 nitrogen and oxygen atoms in total. The van der Waals surface area contributed by atoms with Crippen molar-refractivity contribution in [2.45, 2.75) is 59.9 Å². The van der Waals surface area contributed by atoms with Crippen LogP contribution in [0.1, 0.15) is 53.9 Å². The number of nitrogens with zero attached hydrogens (tertiary/aromatic N) is 1. The Morgan fingerprint density at radius 2 is 2.06 bits per heavy atom. The van der Waals surface area contributed by atoms with Gasteiger partial charge in [0.15, 0.2) is 0 Å². The van der Waals surface area contributed by atoms with Crippen LogP contribution in [0.15, 0.2) is 11.6 Å². The summed E-state index contributed by atoms with van der Waals surface area (Å²) in [4.78, 5) is 2.61. The molecular weight excluding hydrogens is 220 g/mol. The van der Waals surface area contributed by atoms with Gasteiger partial charge in [0.1, 0.15) is 0 Å². The number of hydrogen-bond acceptors (Lipinski definition) is 2. The molecule has 1 heterocycles. The molecule has 0 amide bonds. The average Bonchev–Trinajstić information content (AvgIpc) is 2.33. The van der Waals surface area contributed by atoms with Crippen LogP contribution in [-0.4, -0.2) is 37.1 Å².